The van der Waals surface area contributed by atoms with Crippen molar-refractivity contribution in [2.75, 3.05) is 0 Å². The normalized spacial score (nSPS) is 12.1. The average Bonchev–Trinajstić information content (AvgIpc) is 2.56. The molecule has 0 aliphatic heterocycles. The monoisotopic (exact) mass is 305 g/mol. The molecule has 0 spiro atoms. The van der Waals surface area contributed by atoms with Gasteiger partial charge in [0.2, 0.25) is 0 Å². The summed E-state index contributed by atoms with van der Waals surface area (Å²) < 4.78 is 13.7. The second kappa shape index (κ2) is 7.50. The Morgan fingerprint density at radius 2 is 1.87 bits per heavy atom. The Balaban J connectivity index is 2.46. The molecule has 0 radical (unpaired) electrons. The van der Waals surface area contributed by atoms with E-state index in [1.165, 1.54) is 12.1 Å². The van der Waals surface area contributed by atoms with E-state index in [0.29, 0.717) is 0 Å². The topological polar surface area (TPSA) is 12.9 Å². The van der Waals surface area contributed by atoms with Gasteiger partial charge in [0, 0.05) is 6.20 Å². The van der Waals surface area contributed by atoms with E-state index >= 15 is 0 Å². The van der Waals surface area contributed by atoms with Crippen molar-refractivity contribution < 1.29 is 4.39 Å². The highest BCUT2D eigenvalue weighted by atomic mass is 19.1. The van der Waals surface area contributed by atoms with E-state index in [0.717, 1.165) is 33.5 Å². The first-order valence-corrected chi connectivity index (χ1v) is 7.41. The first kappa shape index (κ1) is 16.6. The smallest absolute Gasteiger partial charge is 0.123 e. The molecule has 0 aliphatic carbocycles. The summed E-state index contributed by atoms with van der Waals surface area (Å²) in [5, 5.41) is 0. The molecule has 2 rings (SSSR count). The maximum atomic E-state index is 13.7. The van der Waals surface area contributed by atoms with Gasteiger partial charge in [-0.15, -0.1) is 0 Å². The van der Waals surface area contributed by atoms with E-state index in [2.05, 4.69) is 18.1 Å². The number of aromatic nitrogens is 1. The third-order valence-electron chi connectivity index (χ3n) is 3.55. The minimum Gasteiger partial charge on any atom is -0.257 e. The van der Waals surface area contributed by atoms with Crippen LogP contribution in [0.5, 0.6) is 0 Å². The molecule has 23 heavy (non-hydrogen) atoms. The van der Waals surface area contributed by atoms with Crippen molar-refractivity contribution in [1.82, 2.24) is 4.98 Å². The molecule has 0 saturated carbocycles. The van der Waals surface area contributed by atoms with Gasteiger partial charge < -0.3 is 0 Å². The van der Waals surface area contributed by atoms with E-state index < -0.39 is 0 Å². The van der Waals surface area contributed by atoms with Crippen molar-refractivity contribution in [2.45, 2.75) is 13.8 Å². The highest BCUT2D eigenvalue weighted by molar-refractivity contribution is 5.84. The number of rotatable bonds is 5. The zero-order valence-electron chi connectivity index (χ0n) is 13.5. The number of halogens is 1. The maximum Gasteiger partial charge on any atom is 0.123 e. The number of pyridine rings is 1. The zero-order valence-corrected chi connectivity index (χ0v) is 13.5. The van der Waals surface area contributed by atoms with Crippen molar-refractivity contribution >= 4 is 16.7 Å². The number of hydrogen-bond donors (Lipinski definition) is 0. The number of nitrogens with zero attached hydrogens (tertiary/aromatic N) is 1. The lowest BCUT2D eigenvalue weighted by Gasteiger charge is -2.10. The van der Waals surface area contributed by atoms with Crippen LogP contribution in [0.15, 0.2) is 74.0 Å². The lowest BCUT2D eigenvalue weighted by atomic mass is 9.95. The first-order chi connectivity index (χ1) is 11.0. The van der Waals surface area contributed by atoms with Crippen molar-refractivity contribution in [3.8, 4) is 0 Å². The summed E-state index contributed by atoms with van der Waals surface area (Å²) in [6.45, 7) is 11.7. The molecule has 116 valence electrons. The predicted octanol–water partition coefficient (Wildman–Crippen LogP) is 5.93. The van der Waals surface area contributed by atoms with E-state index in [1.807, 2.05) is 44.2 Å². The highest BCUT2D eigenvalue weighted by Gasteiger charge is 2.07. The van der Waals surface area contributed by atoms with Crippen LogP contribution in [0.3, 0.4) is 0 Å². The summed E-state index contributed by atoms with van der Waals surface area (Å²) in [4.78, 5) is 4.32. The summed E-state index contributed by atoms with van der Waals surface area (Å²) in [7, 11) is 0. The molecule has 1 nitrogen and oxygen atoms in total. The van der Waals surface area contributed by atoms with Gasteiger partial charge in [-0.05, 0) is 60.4 Å². The van der Waals surface area contributed by atoms with Gasteiger partial charge in [-0.2, -0.15) is 0 Å². The van der Waals surface area contributed by atoms with Gasteiger partial charge in [-0.25, -0.2) is 4.39 Å². The molecule has 0 N–H and O–H groups in total. The van der Waals surface area contributed by atoms with Crippen LogP contribution in [0, 0.1) is 5.82 Å². The Morgan fingerprint density at radius 1 is 1.09 bits per heavy atom. The minimum absolute atomic E-state index is 0.275. The summed E-state index contributed by atoms with van der Waals surface area (Å²) >= 11 is 0. The molecule has 0 amide bonds. The summed E-state index contributed by atoms with van der Waals surface area (Å²) in [6, 6.07) is 10.5. The van der Waals surface area contributed by atoms with Crippen molar-refractivity contribution in [3.05, 3.63) is 96.6 Å². The minimum atomic E-state index is -0.275. The molecule has 1 aromatic carbocycles. The lowest BCUT2D eigenvalue weighted by molar-refractivity contribution is 0.627. The molecule has 0 atom stereocenters. The van der Waals surface area contributed by atoms with Crippen LogP contribution >= 0.6 is 0 Å². The van der Waals surface area contributed by atoms with Gasteiger partial charge in [0.25, 0.3) is 0 Å². The Kier molecular flexibility index (Phi) is 5.42. The highest BCUT2D eigenvalue weighted by Crippen LogP contribution is 2.27. The second-order valence-corrected chi connectivity index (χ2v) is 5.36. The number of hydrogen-bond acceptors (Lipinski definition) is 1. The van der Waals surface area contributed by atoms with Gasteiger partial charge in [0.05, 0.1) is 5.69 Å². The van der Waals surface area contributed by atoms with Crippen LogP contribution < -0.4 is 0 Å². The van der Waals surface area contributed by atoms with Crippen molar-refractivity contribution in [1.29, 1.82) is 0 Å². The molecular weight excluding hydrogens is 285 g/mol. The number of allylic oxidation sites excluding steroid dienone is 6. The molecule has 0 fully saturated rings. The van der Waals surface area contributed by atoms with Gasteiger partial charge in [-0.1, -0.05) is 49.1 Å². The van der Waals surface area contributed by atoms with Crippen molar-refractivity contribution in [2.24, 2.45) is 0 Å². The second-order valence-electron chi connectivity index (χ2n) is 5.36. The van der Waals surface area contributed by atoms with E-state index in [9.17, 15) is 4.39 Å². The maximum absolute atomic E-state index is 13.7. The average molecular weight is 305 g/mol. The molecule has 2 heteroatoms. The van der Waals surface area contributed by atoms with E-state index in [-0.39, 0.29) is 5.82 Å². The van der Waals surface area contributed by atoms with Gasteiger partial charge in [-0.3, -0.25) is 4.98 Å². The quantitative estimate of drug-likeness (QED) is 0.624. The third kappa shape index (κ3) is 4.13. The first-order valence-electron chi connectivity index (χ1n) is 7.41. The van der Waals surface area contributed by atoms with Gasteiger partial charge >= 0.3 is 0 Å². The molecule has 0 aliphatic rings. The molecule has 0 bridgehead atoms. The Morgan fingerprint density at radius 3 is 2.48 bits per heavy atom. The van der Waals surface area contributed by atoms with Crippen LogP contribution in [0.4, 0.5) is 4.39 Å². The molecular formula is C21H20FN. The summed E-state index contributed by atoms with van der Waals surface area (Å²) in [5.74, 6) is -0.275. The predicted molar refractivity (Wildman–Crippen MR) is 97.2 cm³/mol. The molecule has 0 saturated heterocycles. The Labute approximate surface area is 137 Å². The Hall–Kier alpha value is -2.74. The van der Waals surface area contributed by atoms with E-state index in [1.54, 1.807) is 18.3 Å². The van der Waals surface area contributed by atoms with Crippen LogP contribution in [0.25, 0.3) is 16.7 Å². The lowest BCUT2D eigenvalue weighted by Crippen LogP contribution is -1.91. The van der Waals surface area contributed by atoms with E-state index in [4.69, 9.17) is 0 Å². The van der Waals surface area contributed by atoms with Crippen LogP contribution in [-0.4, -0.2) is 4.98 Å². The molecule has 1 heterocycles. The summed E-state index contributed by atoms with van der Waals surface area (Å²) in [5.41, 5.74) is 5.37. The molecule has 2 aromatic rings. The van der Waals surface area contributed by atoms with Gasteiger partial charge in [0.15, 0.2) is 0 Å². The van der Waals surface area contributed by atoms with Crippen LogP contribution in [0.1, 0.15) is 30.7 Å². The largest absolute Gasteiger partial charge is 0.257 e. The standard InChI is InChI=1S/C21H20FN/c1-5-17(10-9-16(4)21-8-6-7-13-23-21)20-14-18(22)11-12-19(20)15(2)3/h5-14H,1-2H2,3-4H3/b16-9+,17-10+. The SMILES string of the molecule is C=C/C(=C\C=C(/C)c1ccccn1)c1cc(F)ccc1C(=C)C. The van der Waals surface area contributed by atoms with Crippen LogP contribution in [0.2, 0.25) is 0 Å². The molecule has 0 unspecified atom stereocenters. The summed E-state index contributed by atoms with van der Waals surface area (Å²) in [6.07, 6.45) is 7.38. The zero-order chi connectivity index (χ0) is 16.8. The fraction of sp³-hybridized carbons (Fsp3) is 0.0952. The van der Waals surface area contributed by atoms with Gasteiger partial charge in [0.1, 0.15) is 5.82 Å². The van der Waals surface area contributed by atoms with Crippen LogP contribution in [-0.2, 0) is 0 Å². The molecule has 1 aromatic heterocycles. The van der Waals surface area contributed by atoms with Crippen molar-refractivity contribution in [3.63, 3.8) is 0 Å². The fourth-order valence-electron chi connectivity index (χ4n) is 2.29. The number of benzene rings is 1. The fourth-order valence-corrected chi connectivity index (χ4v) is 2.29. The third-order valence-corrected chi connectivity index (χ3v) is 3.55. The Bertz CT molecular complexity index is 783.